The number of terminal acetylenes is 1. The van der Waals surface area contributed by atoms with Gasteiger partial charge >= 0.3 is 6.01 Å². The number of nitrogens with zero attached hydrogens (tertiary/aromatic N) is 5. The number of benzene rings is 2. The summed E-state index contributed by atoms with van der Waals surface area (Å²) in [6.07, 6.45) is 8.38. The van der Waals surface area contributed by atoms with Crippen molar-refractivity contribution in [2.24, 2.45) is 5.92 Å². The molecule has 41 heavy (non-hydrogen) atoms. The van der Waals surface area contributed by atoms with Crippen molar-refractivity contribution in [2.45, 2.75) is 31.1 Å². The number of pyridine rings is 1. The molecule has 1 saturated carbocycles. The summed E-state index contributed by atoms with van der Waals surface area (Å²) in [5.74, 6) is 2.18. The normalized spacial score (nSPS) is 24.3. The van der Waals surface area contributed by atoms with Crippen molar-refractivity contribution in [2.75, 3.05) is 50.6 Å². The lowest BCUT2D eigenvalue weighted by Crippen LogP contribution is -2.32. The molecule has 2 aromatic heterocycles. The molecule has 3 aliphatic rings. The highest BCUT2D eigenvalue weighted by Crippen LogP contribution is 2.45. The molecule has 0 amide bonds. The van der Waals surface area contributed by atoms with E-state index < -0.39 is 18.0 Å². The van der Waals surface area contributed by atoms with Gasteiger partial charge in [-0.2, -0.15) is 9.97 Å². The maximum absolute atomic E-state index is 16.6. The SMILES string of the molecule is C#Cc1cccc2cc(N)cc(-c3ncc4c(N5CCOC[C@H]6[C@H](F)[C@H]65)nc(OC[C@@H]5CCCN5C)nc4c3F)c12. The summed E-state index contributed by atoms with van der Waals surface area (Å²) in [5, 5.41) is 1.83. The monoisotopic (exact) mass is 556 g/mol. The number of fused-ring (bicyclic) bond motifs is 3. The number of likely N-dealkylation sites (N-methyl/N-ethyl adjacent to an activating group) is 1. The number of halogens is 2. The lowest BCUT2D eigenvalue weighted by atomic mass is 9.96. The molecule has 210 valence electrons. The minimum atomic E-state index is -1.05. The molecule has 8 nitrogen and oxygen atoms in total. The maximum atomic E-state index is 16.6. The third-order valence-electron chi connectivity index (χ3n) is 8.58. The van der Waals surface area contributed by atoms with Crippen LogP contribution in [0.2, 0.25) is 0 Å². The highest BCUT2D eigenvalue weighted by molar-refractivity contribution is 6.03. The first-order valence-electron chi connectivity index (χ1n) is 13.9. The molecule has 0 radical (unpaired) electrons. The van der Waals surface area contributed by atoms with Crippen molar-refractivity contribution in [3.05, 3.63) is 47.9 Å². The summed E-state index contributed by atoms with van der Waals surface area (Å²) < 4.78 is 43.1. The first-order chi connectivity index (χ1) is 19.9. The van der Waals surface area contributed by atoms with E-state index in [1.165, 1.54) is 0 Å². The van der Waals surface area contributed by atoms with Gasteiger partial charge in [0.25, 0.3) is 0 Å². The number of hydrogen-bond acceptors (Lipinski definition) is 8. The molecule has 2 aliphatic heterocycles. The number of rotatable bonds is 5. The van der Waals surface area contributed by atoms with E-state index in [2.05, 4.69) is 27.8 Å². The summed E-state index contributed by atoms with van der Waals surface area (Å²) >= 11 is 0. The highest BCUT2D eigenvalue weighted by Gasteiger charge is 2.56. The first kappa shape index (κ1) is 25.9. The molecule has 0 unspecified atom stereocenters. The molecule has 2 aromatic carbocycles. The number of likely N-dealkylation sites (tertiary alicyclic amines) is 1. The van der Waals surface area contributed by atoms with Crippen LogP contribution in [0.15, 0.2) is 36.5 Å². The van der Waals surface area contributed by atoms with Gasteiger partial charge in [-0.1, -0.05) is 18.1 Å². The highest BCUT2D eigenvalue weighted by atomic mass is 19.1. The molecule has 1 aliphatic carbocycles. The standard InChI is InChI=1S/C31H30F2N6O2/c1-3-17-6-4-7-18-12-19(34)13-21(24(17)18)27-26(33)28-22(14-35-27)30(39-10-11-40-16-23-25(32)29(23)39)37-31(36-28)41-15-20-8-5-9-38(20)2/h1,4,6-7,12-14,20,23,25,29H,5,8-11,15-16,34H2,2H3/t20-,23-,25-,29-/m0/s1. The number of alkyl halides is 1. The van der Waals surface area contributed by atoms with E-state index in [4.69, 9.17) is 26.6 Å². The molecule has 10 heteroatoms. The van der Waals surface area contributed by atoms with Crippen LogP contribution in [0.25, 0.3) is 32.9 Å². The van der Waals surface area contributed by atoms with Crippen molar-refractivity contribution in [3.63, 3.8) is 0 Å². The Kier molecular flexibility index (Phi) is 6.36. The Hall–Kier alpha value is -4.07. The van der Waals surface area contributed by atoms with E-state index in [1.807, 2.05) is 17.0 Å². The lowest BCUT2D eigenvalue weighted by Gasteiger charge is -2.25. The van der Waals surface area contributed by atoms with E-state index in [9.17, 15) is 4.39 Å². The molecule has 0 spiro atoms. The summed E-state index contributed by atoms with van der Waals surface area (Å²) in [5.41, 5.74) is 7.85. The predicted molar refractivity (Wildman–Crippen MR) is 154 cm³/mol. The second kappa shape index (κ2) is 10.1. The van der Waals surface area contributed by atoms with Crippen LogP contribution in [0, 0.1) is 24.1 Å². The zero-order chi connectivity index (χ0) is 28.2. The molecule has 7 rings (SSSR count). The van der Waals surface area contributed by atoms with Crippen molar-refractivity contribution in [3.8, 4) is 29.6 Å². The Labute approximate surface area is 236 Å². The van der Waals surface area contributed by atoms with Gasteiger partial charge in [-0.3, -0.25) is 4.98 Å². The van der Waals surface area contributed by atoms with Crippen molar-refractivity contribution in [1.29, 1.82) is 0 Å². The second-order valence-corrected chi connectivity index (χ2v) is 11.1. The van der Waals surface area contributed by atoms with E-state index in [0.29, 0.717) is 59.8 Å². The molecule has 2 N–H and O–H groups in total. The van der Waals surface area contributed by atoms with Crippen LogP contribution in [0.1, 0.15) is 18.4 Å². The Morgan fingerprint density at radius 3 is 2.93 bits per heavy atom. The largest absolute Gasteiger partial charge is 0.462 e. The molecule has 4 heterocycles. The Morgan fingerprint density at radius 1 is 1.24 bits per heavy atom. The number of hydrogen-bond donors (Lipinski definition) is 1. The van der Waals surface area contributed by atoms with Crippen LogP contribution in [0.5, 0.6) is 6.01 Å². The lowest BCUT2D eigenvalue weighted by molar-refractivity contribution is 0.130. The van der Waals surface area contributed by atoms with Gasteiger partial charge in [0.15, 0.2) is 5.82 Å². The molecular weight excluding hydrogens is 526 g/mol. The van der Waals surface area contributed by atoms with Crippen LogP contribution in [0.4, 0.5) is 20.3 Å². The van der Waals surface area contributed by atoms with Crippen molar-refractivity contribution < 1.29 is 18.3 Å². The minimum absolute atomic E-state index is 0.0429. The molecule has 4 atom stereocenters. The van der Waals surface area contributed by atoms with E-state index >= 15 is 4.39 Å². The van der Waals surface area contributed by atoms with Gasteiger partial charge < -0.3 is 25.0 Å². The van der Waals surface area contributed by atoms with E-state index in [-0.39, 0.29) is 29.2 Å². The smallest absolute Gasteiger partial charge is 0.319 e. The Bertz CT molecular complexity index is 1710. The van der Waals surface area contributed by atoms with E-state index in [0.717, 1.165) is 24.8 Å². The van der Waals surface area contributed by atoms with Gasteiger partial charge in [0.2, 0.25) is 0 Å². The predicted octanol–water partition coefficient (Wildman–Crippen LogP) is 4.19. The van der Waals surface area contributed by atoms with Gasteiger partial charge in [-0.15, -0.1) is 6.42 Å². The average Bonchev–Trinajstić information content (AvgIpc) is 3.51. The third kappa shape index (κ3) is 4.40. The number of anilines is 2. The van der Waals surface area contributed by atoms with Crippen LogP contribution >= 0.6 is 0 Å². The molecule has 4 aromatic rings. The maximum Gasteiger partial charge on any atom is 0.319 e. The summed E-state index contributed by atoms with van der Waals surface area (Å²) in [6, 6.07) is 8.84. The second-order valence-electron chi connectivity index (χ2n) is 11.1. The molecule has 0 bridgehead atoms. The summed E-state index contributed by atoms with van der Waals surface area (Å²) in [6.45, 7) is 2.52. The number of nitrogens with two attached hydrogens (primary N) is 1. The fraction of sp³-hybridized carbons (Fsp3) is 0.387. The third-order valence-corrected chi connectivity index (χ3v) is 8.58. The molecular formula is C31H30F2N6O2. The zero-order valence-corrected chi connectivity index (χ0v) is 22.7. The fourth-order valence-corrected chi connectivity index (χ4v) is 6.30. The number of ether oxygens (including phenoxy) is 2. The summed E-state index contributed by atoms with van der Waals surface area (Å²) in [4.78, 5) is 17.9. The Balaban J connectivity index is 1.40. The first-order valence-corrected chi connectivity index (χ1v) is 13.9. The van der Waals surface area contributed by atoms with E-state index in [1.54, 1.807) is 24.4 Å². The van der Waals surface area contributed by atoms with Crippen LogP contribution in [0.3, 0.4) is 0 Å². The van der Waals surface area contributed by atoms with Gasteiger partial charge in [0.1, 0.15) is 29.8 Å². The van der Waals surface area contributed by atoms with Gasteiger partial charge in [0, 0.05) is 46.9 Å². The minimum Gasteiger partial charge on any atom is -0.462 e. The van der Waals surface area contributed by atoms with Crippen molar-refractivity contribution in [1.82, 2.24) is 19.9 Å². The fourth-order valence-electron chi connectivity index (χ4n) is 6.30. The van der Waals surface area contributed by atoms with Crippen LogP contribution in [-0.2, 0) is 4.74 Å². The van der Waals surface area contributed by atoms with Crippen molar-refractivity contribution >= 4 is 33.2 Å². The average molecular weight is 557 g/mol. The van der Waals surface area contributed by atoms with Gasteiger partial charge in [0.05, 0.1) is 24.6 Å². The Morgan fingerprint density at radius 2 is 2.12 bits per heavy atom. The quantitative estimate of drug-likeness (QED) is 0.289. The number of nitrogen functional groups attached to an aromatic ring is 1. The number of aromatic nitrogens is 3. The summed E-state index contributed by atoms with van der Waals surface area (Å²) in [7, 11) is 2.05. The van der Waals surface area contributed by atoms with Gasteiger partial charge in [-0.25, -0.2) is 8.78 Å². The molecule has 2 saturated heterocycles. The topological polar surface area (TPSA) is 89.6 Å². The van der Waals surface area contributed by atoms with Crippen LogP contribution < -0.4 is 15.4 Å². The van der Waals surface area contributed by atoms with Gasteiger partial charge in [-0.05, 0) is 50.0 Å². The zero-order valence-electron chi connectivity index (χ0n) is 22.7. The molecule has 3 fully saturated rings. The van der Waals surface area contributed by atoms with Crippen LogP contribution in [-0.4, -0.2) is 78.1 Å².